The van der Waals surface area contributed by atoms with Gasteiger partial charge >= 0.3 is 5.97 Å². The summed E-state index contributed by atoms with van der Waals surface area (Å²) in [4.78, 5) is 11.0. The number of carbonyl (C=O) groups is 1. The highest BCUT2D eigenvalue weighted by molar-refractivity contribution is 7.12. The number of ether oxygens (including phenoxy) is 1. The lowest BCUT2D eigenvalue weighted by atomic mass is 10.0. The van der Waals surface area contributed by atoms with Crippen LogP contribution in [0.3, 0.4) is 0 Å². The summed E-state index contributed by atoms with van der Waals surface area (Å²) in [7, 11) is 0. The first-order chi connectivity index (χ1) is 7.61. The summed E-state index contributed by atoms with van der Waals surface area (Å²) in [5.41, 5.74) is -0.766. The van der Waals surface area contributed by atoms with E-state index in [0.717, 1.165) is 37.0 Å². The third kappa shape index (κ3) is 2.36. The van der Waals surface area contributed by atoms with Crippen molar-refractivity contribution in [3.8, 4) is 5.75 Å². The van der Waals surface area contributed by atoms with Crippen LogP contribution in [0.25, 0.3) is 0 Å². The Labute approximate surface area is 97.5 Å². The van der Waals surface area contributed by atoms with Crippen LogP contribution in [0.1, 0.15) is 35.4 Å². The van der Waals surface area contributed by atoms with Gasteiger partial charge in [0, 0.05) is 0 Å². The predicted molar refractivity (Wildman–Crippen MR) is 60.2 cm³/mol. The molecule has 0 radical (unpaired) electrons. The minimum Gasteiger partial charge on any atom is -0.489 e. The largest absolute Gasteiger partial charge is 0.489 e. The van der Waals surface area contributed by atoms with E-state index >= 15 is 0 Å². The molecule has 0 spiro atoms. The van der Waals surface area contributed by atoms with Crippen molar-refractivity contribution in [3.05, 3.63) is 16.3 Å². The van der Waals surface area contributed by atoms with E-state index in [9.17, 15) is 9.90 Å². The van der Waals surface area contributed by atoms with Gasteiger partial charge in [-0.3, -0.25) is 0 Å². The number of hydrogen-bond acceptors (Lipinski definition) is 4. The molecule has 1 aromatic heterocycles. The first kappa shape index (κ1) is 11.4. The molecule has 0 amide bonds. The fourth-order valence-electron chi connectivity index (χ4n) is 1.96. The highest BCUT2D eigenvalue weighted by Gasteiger charge is 2.32. The molecule has 0 atom stereocenters. The van der Waals surface area contributed by atoms with Crippen molar-refractivity contribution in [3.63, 3.8) is 0 Å². The zero-order valence-electron chi connectivity index (χ0n) is 8.81. The van der Waals surface area contributed by atoms with Gasteiger partial charge in [-0.05, 0) is 24.3 Å². The van der Waals surface area contributed by atoms with Crippen LogP contribution in [0.2, 0.25) is 0 Å². The first-order valence-electron chi connectivity index (χ1n) is 5.27. The van der Waals surface area contributed by atoms with E-state index in [0.29, 0.717) is 5.75 Å². The SMILES string of the molecule is O=C(O)c1sccc1OCC1(O)CCCC1. The van der Waals surface area contributed by atoms with Crippen molar-refractivity contribution in [1.29, 1.82) is 0 Å². The average Bonchev–Trinajstić information content (AvgIpc) is 2.83. The van der Waals surface area contributed by atoms with Gasteiger partial charge in [-0.2, -0.15) is 0 Å². The molecule has 4 nitrogen and oxygen atoms in total. The lowest BCUT2D eigenvalue weighted by Gasteiger charge is -2.21. The lowest BCUT2D eigenvalue weighted by Crippen LogP contribution is -2.32. The van der Waals surface area contributed by atoms with E-state index < -0.39 is 11.6 Å². The van der Waals surface area contributed by atoms with Crippen LogP contribution in [-0.4, -0.2) is 28.4 Å². The number of carboxylic acid groups (broad SMARTS) is 1. The van der Waals surface area contributed by atoms with Crippen molar-refractivity contribution >= 4 is 17.3 Å². The molecule has 0 bridgehead atoms. The third-order valence-corrected chi connectivity index (χ3v) is 3.74. The van der Waals surface area contributed by atoms with Gasteiger partial charge in [-0.25, -0.2) is 4.79 Å². The monoisotopic (exact) mass is 242 g/mol. The number of carboxylic acids is 1. The van der Waals surface area contributed by atoms with Crippen molar-refractivity contribution in [2.75, 3.05) is 6.61 Å². The molecule has 0 unspecified atom stereocenters. The minimum absolute atomic E-state index is 0.185. The van der Waals surface area contributed by atoms with E-state index in [1.807, 2.05) is 0 Å². The molecule has 1 aliphatic rings. The summed E-state index contributed by atoms with van der Waals surface area (Å²) in [6.07, 6.45) is 3.49. The molecular weight excluding hydrogens is 228 g/mol. The zero-order chi connectivity index (χ0) is 11.6. The van der Waals surface area contributed by atoms with E-state index in [2.05, 4.69) is 0 Å². The summed E-state index contributed by atoms with van der Waals surface area (Å²) in [5, 5.41) is 20.6. The Balaban J connectivity index is 1.99. The summed E-state index contributed by atoms with van der Waals surface area (Å²) in [5.74, 6) is -0.624. The molecular formula is C11H14O4S. The maximum Gasteiger partial charge on any atom is 0.349 e. The molecule has 0 aliphatic heterocycles. The first-order valence-corrected chi connectivity index (χ1v) is 6.15. The number of aliphatic hydroxyl groups is 1. The number of thiophene rings is 1. The van der Waals surface area contributed by atoms with Crippen molar-refractivity contribution in [2.45, 2.75) is 31.3 Å². The summed E-state index contributed by atoms with van der Waals surface area (Å²) < 4.78 is 5.40. The van der Waals surface area contributed by atoms with E-state index in [4.69, 9.17) is 9.84 Å². The van der Waals surface area contributed by atoms with Crippen molar-refractivity contribution in [1.82, 2.24) is 0 Å². The molecule has 1 saturated carbocycles. The molecule has 2 N–H and O–H groups in total. The van der Waals surface area contributed by atoms with E-state index in [1.165, 1.54) is 0 Å². The van der Waals surface area contributed by atoms with E-state index in [1.54, 1.807) is 11.4 Å². The van der Waals surface area contributed by atoms with Gasteiger partial charge in [0.05, 0.1) is 5.60 Å². The molecule has 1 heterocycles. The van der Waals surface area contributed by atoms with Gasteiger partial charge in [0.2, 0.25) is 0 Å². The highest BCUT2D eigenvalue weighted by Crippen LogP contribution is 2.31. The number of hydrogen-bond donors (Lipinski definition) is 2. The highest BCUT2D eigenvalue weighted by atomic mass is 32.1. The van der Waals surface area contributed by atoms with Gasteiger partial charge in [0.1, 0.15) is 12.4 Å². The average molecular weight is 242 g/mol. The normalized spacial score (nSPS) is 18.6. The van der Waals surface area contributed by atoms with Gasteiger partial charge in [0.25, 0.3) is 0 Å². The molecule has 1 aromatic rings. The summed E-state index contributed by atoms with van der Waals surface area (Å²) in [6, 6.07) is 1.63. The molecule has 1 fully saturated rings. The van der Waals surface area contributed by atoms with Gasteiger partial charge in [-0.15, -0.1) is 11.3 Å². The smallest absolute Gasteiger partial charge is 0.349 e. The Morgan fingerprint density at radius 1 is 1.50 bits per heavy atom. The summed E-state index contributed by atoms with van der Waals surface area (Å²) >= 11 is 1.13. The second kappa shape index (κ2) is 4.43. The summed E-state index contributed by atoms with van der Waals surface area (Å²) in [6.45, 7) is 0.185. The molecule has 5 heteroatoms. The van der Waals surface area contributed by atoms with Crippen LogP contribution in [0, 0.1) is 0 Å². The van der Waals surface area contributed by atoms with Crippen LogP contribution >= 0.6 is 11.3 Å². The number of aromatic carboxylic acids is 1. The topological polar surface area (TPSA) is 66.8 Å². The molecule has 88 valence electrons. The quantitative estimate of drug-likeness (QED) is 0.848. The predicted octanol–water partition coefficient (Wildman–Crippen LogP) is 2.13. The minimum atomic E-state index is -0.983. The fourth-order valence-corrected chi connectivity index (χ4v) is 2.63. The van der Waals surface area contributed by atoms with Crippen LogP contribution in [-0.2, 0) is 0 Å². The van der Waals surface area contributed by atoms with Crippen molar-refractivity contribution < 1.29 is 19.7 Å². The Bertz CT molecular complexity index is 379. The van der Waals surface area contributed by atoms with Gasteiger partial charge in [0.15, 0.2) is 4.88 Å². The fraction of sp³-hybridized carbons (Fsp3) is 0.545. The van der Waals surface area contributed by atoms with E-state index in [-0.39, 0.29) is 11.5 Å². The molecule has 1 aliphatic carbocycles. The molecule has 0 saturated heterocycles. The zero-order valence-corrected chi connectivity index (χ0v) is 9.63. The second-order valence-electron chi connectivity index (χ2n) is 4.14. The lowest BCUT2D eigenvalue weighted by molar-refractivity contribution is 0.00109. The molecule has 16 heavy (non-hydrogen) atoms. The maximum absolute atomic E-state index is 10.8. The maximum atomic E-state index is 10.8. The third-order valence-electron chi connectivity index (χ3n) is 2.85. The van der Waals surface area contributed by atoms with Gasteiger partial charge < -0.3 is 14.9 Å². The van der Waals surface area contributed by atoms with Crippen LogP contribution < -0.4 is 4.74 Å². The van der Waals surface area contributed by atoms with Crippen molar-refractivity contribution in [2.24, 2.45) is 0 Å². The van der Waals surface area contributed by atoms with Gasteiger partial charge in [-0.1, -0.05) is 12.8 Å². The van der Waals surface area contributed by atoms with Crippen LogP contribution in [0.4, 0.5) is 0 Å². The number of rotatable bonds is 4. The Kier molecular flexibility index (Phi) is 3.16. The Hall–Kier alpha value is -1.07. The molecule has 2 rings (SSSR count). The van der Waals surface area contributed by atoms with Crippen LogP contribution in [0.15, 0.2) is 11.4 Å². The Morgan fingerprint density at radius 2 is 2.19 bits per heavy atom. The standard InChI is InChI=1S/C11H14O4S/c12-10(13)9-8(3-6-16-9)15-7-11(14)4-1-2-5-11/h3,6,14H,1-2,4-5,7H2,(H,12,13). The second-order valence-corrected chi connectivity index (χ2v) is 5.06. The Morgan fingerprint density at radius 3 is 2.81 bits per heavy atom. The van der Waals surface area contributed by atoms with Crippen LogP contribution in [0.5, 0.6) is 5.75 Å². The molecule has 0 aromatic carbocycles.